The van der Waals surface area contributed by atoms with Crippen LogP contribution < -0.4 is 4.74 Å². The number of nitrogens with zero attached hydrogens (tertiary/aromatic N) is 1. The Balaban J connectivity index is 1.56. The molecular weight excluding hydrogens is 373 g/mol. The first-order valence-corrected chi connectivity index (χ1v) is 9.86. The first kappa shape index (κ1) is 19.5. The molecule has 1 saturated heterocycles. The highest BCUT2D eigenvalue weighted by atomic mass is 19.1. The Morgan fingerprint density at radius 3 is 2.76 bits per heavy atom. The third-order valence-corrected chi connectivity index (χ3v) is 5.21. The van der Waals surface area contributed by atoms with Crippen LogP contribution in [0.1, 0.15) is 24.5 Å². The highest BCUT2D eigenvalue weighted by Gasteiger charge is 2.40. The molecule has 4 rings (SSSR count). The van der Waals surface area contributed by atoms with E-state index in [9.17, 15) is 9.18 Å². The summed E-state index contributed by atoms with van der Waals surface area (Å²) in [7, 11) is 0. The van der Waals surface area contributed by atoms with Crippen molar-refractivity contribution >= 4 is 11.7 Å². The zero-order valence-corrected chi connectivity index (χ0v) is 16.3. The summed E-state index contributed by atoms with van der Waals surface area (Å²) in [6.07, 6.45) is 2.01. The molecule has 2 aliphatic rings. The van der Waals surface area contributed by atoms with Gasteiger partial charge in [0.05, 0.1) is 37.5 Å². The fourth-order valence-electron chi connectivity index (χ4n) is 3.95. The summed E-state index contributed by atoms with van der Waals surface area (Å²) < 4.78 is 31.5. The van der Waals surface area contributed by atoms with E-state index >= 15 is 0 Å². The lowest BCUT2D eigenvalue weighted by molar-refractivity contribution is -0.0342. The fraction of sp³-hybridized carbons (Fsp3) is 0.348. The molecule has 1 fully saturated rings. The van der Waals surface area contributed by atoms with Crippen molar-refractivity contribution in [3.8, 4) is 5.75 Å². The zero-order valence-electron chi connectivity index (χ0n) is 16.3. The number of carbonyl (C=O) groups excluding carboxylic acids is 1. The van der Waals surface area contributed by atoms with Crippen LogP contribution in [0, 0.1) is 5.82 Å². The summed E-state index contributed by atoms with van der Waals surface area (Å²) in [6, 6.07) is 13.9. The summed E-state index contributed by atoms with van der Waals surface area (Å²) >= 11 is 0. The van der Waals surface area contributed by atoms with E-state index in [-0.39, 0.29) is 30.6 Å². The van der Waals surface area contributed by atoms with E-state index in [0.29, 0.717) is 37.6 Å². The fourth-order valence-corrected chi connectivity index (χ4v) is 3.95. The van der Waals surface area contributed by atoms with Gasteiger partial charge in [0.1, 0.15) is 18.2 Å². The van der Waals surface area contributed by atoms with Crippen LogP contribution in [-0.4, -0.2) is 42.9 Å². The van der Waals surface area contributed by atoms with E-state index in [1.165, 1.54) is 6.07 Å². The van der Waals surface area contributed by atoms with Gasteiger partial charge in [0.15, 0.2) is 0 Å². The molecule has 29 heavy (non-hydrogen) atoms. The van der Waals surface area contributed by atoms with Crippen LogP contribution in [0.5, 0.6) is 5.75 Å². The van der Waals surface area contributed by atoms with E-state index < -0.39 is 0 Å². The molecule has 0 radical (unpaired) electrons. The number of carbonyl (C=O) groups is 1. The molecule has 2 aromatic rings. The Morgan fingerprint density at radius 2 is 2.00 bits per heavy atom. The Hall–Kier alpha value is -2.86. The quantitative estimate of drug-likeness (QED) is 0.750. The van der Waals surface area contributed by atoms with E-state index in [1.54, 1.807) is 17.0 Å². The van der Waals surface area contributed by atoms with Crippen molar-refractivity contribution in [1.29, 1.82) is 0 Å². The smallest absolute Gasteiger partial charge is 0.411 e. The van der Waals surface area contributed by atoms with Crippen molar-refractivity contribution in [2.45, 2.75) is 32.0 Å². The summed E-state index contributed by atoms with van der Waals surface area (Å²) in [5.74, 6) is 0.208. The highest BCUT2D eigenvalue weighted by molar-refractivity contribution is 5.77. The average molecular weight is 397 g/mol. The van der Waals surface area contributed by atoms with Crippen molar-refractivity contribution < 1.29 is 23.4 Å². The predicted molar refractivity (Wildman–Crippen MR) is 107 cm³/mol. The maximum absolute atomic E-state index is 14.6. The summed E-state index contributed by atoms with van der Waals surface area (Å²) in [5.41, 5.74) is 2.25. The van der Waals surface area contributed by atoms with Gasteiger partial charge >= 0.3 is 6.09 Å². The van der Waals surface area contributed by atoms with Gasteiger partial charge in [0.25, 0.3) is 0 Å². The van der Waals surface area contributed by atoms with Gasteiger partial charge in [-0.25, -0.2) is 9.18 Å². The maximum atomic E-state index is 14.6. The molecular formula is C23H24FNO4. The Bertz CT molecular complexity index is 899. The van der Waals surface area contributed by atoms with Gasteiger partial charge in [-0.1, -0.05) is 42.5 Å². The Labute approximate surface area is 169 Å². The number of hydrogen-bond acceptors (Lipinski definition) is 4. The molecule has 2 heterocycles. The summed E-state index contributed by atoms with van der Waals surface area (Å²) in [5, 5.41) is 0. The van der Waals surface area contributed by atoms with E-state index in [4.69, 9.17) is 14.2 Å². The standard InChI is InChI=1S/C23H24FNO4/c1-2-28-21-10-6-9-20(24)22(21)17-11-18-14-27-15-19(12-17)25(18)23(26)29-13-16-7-4-3-5-8-16/h3-11,18-19H,2,12-15H2,1H3. The lowest BCUT2D eigenvalue weighted by Gasteiger charge is -2.43. The Morgan fingerprint density at radius 1 is 1.17 bits per heavy atom. The number of morpholine rings is 1. The Kier molecular flexibility index (Phi) is 5.81. The van der Waals surface area contributed by atoms with Crippen LogP contribution >= 0.6 is 0 Å². The second-order valence-electron chi connectivity index (χ2n) is 7.15. The maximum Gasteiger partial charge on any atom is 0.411 e. The van der Waals surface area contributed by atoms with Gasteiger partial charge in [-0.15, -0.1) is 0 Å². The van der Waals surface area contributed by atoms with E-state index in [2.05, 4.69) is 0 Å². The molecule has 2 atom stereocenters. The molecule has 2 aromatic carbocycles. The number of amides is 1. The molecule has 0 aliphatic carbocycles. The van der Waals surface area contributed by atoms with Crippen LogP contribution in [-0.2, 0) is 16.1 Å². The zero-order chi connectivity index (χ0) is 20.2. The molecule has 0 aromatic heterocycles. The topological polar surface area (TPSA) is 48.0 Å². The number of hydrogen-bond donors (Lipinski definition) is 0. The van der Waals surface area contributed by atoms with Crippen LogP contribution in [0.15, 0.2) is 54.6 Å². The first-order chi connectivity index (χ1) is 14.2. The molecule has 2 unspecified atom stereocenters. The van der Waals surface area contributed by atoms with Crippen LogP contribution in [0.3, 0.4) is 0 Å². The largest absolute Gasteiger partial charge is 0.493 e. The minimum atomic E-state index is -0.374. The van der Waals surface area contributed by atoms with Crippen LogP contribution in [0.25, 0.3) is 5.57 Å². The van der Waals surface area contributed by atoms with Crippen molar-refractivity contribution in [2.24, 2.45) is 0 Å². The molecule has 0 saturated carbocycles. The van der Waals surface area contributed by atoms with Gasteiger partial charge in [-0.2, -0.15) is 0 Å². The van der Waals surface area contributed by atoms with Crippen molar-refractivity contribution in [3.05, 3.63) is 71.6 Å². The molecule has 5 nitrogen and oxygen atoms in total. The third-order valence-electron chi connectivity index (χ3n) is 5.21. The van der Waals surface area contributed by atoms with E-state index in [1.807, 2.05) is 43.3 Å². The third kappa shape index (κ3) is 4.12. The number of ether oxygens (including phenoxy) is 3. The van der Waals surface area contributed by atoms with Crippen molar-refractivity contribution in [2.75, 3.05) is 19.8 Å². The number of benzene rings is 2. The van der Waals surface area contributed by atoms with Crippen molar-refractivity contribution in [1.82, 2.24) is 4.90 Å². The molecule has 6 heteroatoms. The summed E-state index contributed by atoms with van der Waals surface area (Å²) in [6.45, 7) is 3.30. The van der Waals surface area contributed by atoms with Crippen LogP contribution in [0.2, 0.25) is 0 Å². The molecule has 2 aliphatic heterocycles. The van der Waals surface area contributed by atoms with Gasteiger partial charge < -0.3 is 14.2 Å². The number of halogens is 1. The van der Waals surface area contributed by atoms with Crippen molar-refractivity contribution in [3.63, 3.8) is 0 Å². The monoisotopic (exact) mass is 397 g/mol. The summed E-state index contributed by atoms with van der Waals surface area (Å²) in [4.78, 5) is 14.5. The van der Waals surface area contributed by atoms with Gasteiger partial charge in [-0.05, 0) is 36.6 Å². The number of rotatable bonds is 5. The first-order valence-electron chi connectivity index (χ1n) is 9.86. The molecule has 0 spiro atoms. The lowest BCUT2D eigenvalue weighted by Crippen LogP contribution is -2.56. The second-order valence-corrected chi connectivity index (χ2v) is 7.15. The minimum Gasteiger partial charge on any atom is -0.493 e. The molecule has 1 amide bonds. The lowest BCUT2D eigenvalue weighted by atomic mass is 9.89. The highest BCUT2D eigenvalue weighted by Crippen LogP contribution is 2.38. The van der Waals surface area contributed by atoms with Crippen LogP contribution in [0.4, 0.5) is 9.18 Å². The normalized spacial score (nSPS) is 20.8. The van der Waals surface area contributed by atoms with Gasteiger partial charge in [0.2, 0.25) is 0 Å². The SMILES string of the molecule is CCOc1cccc(F)c1C1=CC2COCC(C1)N2C(=O)OCc1ccccc1. The van der Waals surface area contributed by atoms with Gasteiger partial charge in [-0.3, -0.25) is 4.90 Å². The second kappa shape index (κ2) is 8.66. The van der Waals surface area contributed by atoms with Gasteiger partial charge in [0, 0.05) is 0 Å². The molecule has 0 N–H and O–H groups in total. The molecule has 2 bridgehead atoms. The average Bonchev–Trinajstić information content (AvgIpc) is 2.72. The number of fused-ring (bicyclic) bond motifs is 2. The molecule has 152 valence electrons. The minimum absolute atomic E-state index is 0.203. The van der Waals surface area contributed by atoms with E-state index in [0.717, 1.165) is 11.1 Å². The predicted octanol–water partition coefficient (Wildman–Crippen LogP) is 4.42.